The Bertz CT molecular complexity index is 627. The van der Waals surface area contributed by atoms with Gasteiger partial charge in [0.25, 0.3) is 5.91 Å². The van der Waals surface area contributed by atoms with Crippen LogP contribution in [0.4, 0.5) is 5.69 Å². The normalized spacial score (nSPS) is 10.0. The molecule has 0 heterocycles. The van der Waals surface area contributed by atoms with Crippen LogP contribution < -0.4 is 14.8 Å². The molecule has 3 N–H and O–H groups in total. The van der Waals surface area contributed by atoms with Crippen molar-refractivity contribution >= 4 is 11.6 Å². The summed E-state index contributed by atoms with van der Waals surface area (Å²) in [6.07, 6.45) is 0. The van der Waals surface area contributed by atoms with Crippen molar-refractivity contribution in [3.8, 4) is 23.0 Å². The Morgan fingerprint density at radius 2 is 1.43 bits per heavy atom. The summed E-state index contributed by atoms with van der Waals surface area (Å²) in [6.45, 7) is 0. The summed E-state index contributed by atoms with van der Waals surface area (Å²) in [4.78, 5) is 12.1. The maximum absolute atomic E-state index is 12.1. The third-order valence-electron chi connectivity index (χ3n) is 2.77. The van der Waals surface area contributed by atoms with Gasteiger partial charge in [-0.3, -0.25) is 4.79 Å². The molecule has 0 unspecified atom stereocenters. The molecule has 0 fully saturated rings. The van der Waals surface area contributed by atoms with E-state index in [1.165, 1.54) is 26.4 Å². The van der Waals surface area contributed by atoms with Gasteiger partial charge >= 0.3 is 0 Å². The van der Waals surface area contributed by atoms with Crippen LogP contribution in [0.15, 0.2) is 36.4 Å². The molecular weight excluding hydrogens is 274 g/mol. The smallest absolute Gasteiger partial charge is 0.255 e. The number of methoxy groups -OCH3 is 2. The lowest BCUT2D eigenvalue weighted by Crippen LogP contribution is -2.11. The summed E-state index contributed by atoms with van der Waals surface area (Å²) in [5.74, 6) is 0.204. The van der Waals surface area contributed by atoms with Gasteiger partial charge in [0.2, 0.25) is 0 Å². The van der Waals surface area contributed by atoms with Crippen LogP contribution in [0.3, 0.4) is 0 Å². The first-order chi connectivity index (χ1) is 10.0. The molecule has 0 atom stereocenters. The topological polar surface area (TPSA) is 88.0 Å². The van der Waals surface area contributed by atoms with Crippen LogP contribution in [0.2, 0.25) is 0 Å². The highest BCUT2D eigenvalue weighted by Crippen LogP contribution is 2.27. The molecule has 6 heteroatoms. The van der Waals surface area contributed by atoms with Crippen LogP contribution in [0, 0.1) is 0 Å². The zero-order chi connectivity index (χ0) is 15.4. The second-order valence-electron chi connectivity index (χ2n) is 4.29. The van der Waals surface area contributed by atoms with Gasteiger partial charge in [-0.15, -0.1) is 0 Å². The number of amides is 1. The molecule has 2 rings (SSSR count). The Kier molecular flexibility index (Phi) is 4.18. The van der Waals surface area contributed by atoms with Crippen LogP contribution >= 0.6 is 0 Å². The first-order valence-corrected chi connectivity index (χ1v) is 6.09. The lowest BCUT2D eigenvalue weighted by Gasteiger charge is -2.10. The van der Waals surface area contributed by atoms with Crippen molar-refractivity contribution in [2.24, 2.45) is 0 Å². The summed E-state index contributed by atoms with van der Waals surface area (Å²) in [6, 6.07) is 8.59. The standard InChI is InChI=1S/C15H15NO5/c1-20-13-5-10(6-14(8-13)21-2)16-15(19)9-3-11(17)7-12(18)4-9/h3-8,17-18H,1-2H3,(H,16,19). The van der Waals surface area contributed by atoms with E-state index in [0.29, 0.717) is 17.2 Å². The highest BCUT2D eigenvalue weighted by Gasteiger charge is 2.10. The Labute approximate surface area is 121 Å². The summed E-state index contributed by atoms with van der Waals surface area (Å²) in [5.41, 5.74) is 0.605. The molecule has 1 amide bonds. The van der Waals surface area contributed by atoms with Gasteiger partial charge in [-0.25, -0.2) is 0 Å². The van der Waals surface area contributed by atoms with Crippen LogP contribution in [0.25, 0.3) is 0 Å². The minimum Gasteiger partial charge on any atom is -0.508 e. The van der Waals surface area contributed by atoms with E-state index in [4.69, 9.17) is 9.47 Å². The zero-order valence-electron chi connectivity index (χ0n) is 11.6. The highest BCUT2D eigenvalue weighted by atomic mass is 16.5. The molecule has 0 aliphatic carbocycles. The molecule has 0 bridgehead atoms. The first-order valence-electron chi connectivity index (χ1n) is 6.09. The first kappa shape index (κ1) is 14.5. The number of aromatic hydroxyl groups is 2. The number of carbonyl (C=O) groups is 1. The zero-order valence-corrected chi connectivity index (χ0v) is 11.6. The maximum atomic E-state index is 12.1. The van der Waals surface area contributed by atoms with Gasteiger partial charge in [-0.05, 0) is 12.1 Å². The molecule has 21 heavy (non-hydrogen) atoms. The Hall–Kier alpha value is -2.89. The molecular formula is C15H15NO5. The van der Waals surface area contributed by atoms with E-state index < -0.39 is 5.91 Å². The van der Waals surface area contributed by atoms with Gasteiger partial charge in [0.05, 0.1) is 14.2 Å². The van der Waals surface area contributed by atoms with Crippen molar-refractivity contribution in [1.29, 1.82) is 0 Å². The fraction of sp³-hybridized carbons (Fsp3) is 0.133. The molecule has 0 aromatic heterocycles. The lowest BCUT2D eigenvalue weighted by molar-refractivity contribution is 0.102. The molecule has 0 saturated heterocycles. The van der Waals surface area contributed by atoms with Crippen LogP contribution in [-0.4, -0.2) is 30.3 Å². The monoisotopic (exact) mass is 289 g/mol. The van der Waals surface area contributed by atoms with E-state index in [2.05, 4.69) is 5.32 Å². The third-order valence-corrected chi connectivity index (χ3v) is 2.77. The number of nitrogens with one attached hydrogen (secondary N) is 1. The van der Waals surface area contributed by atoms with Crippen LogP contribution in [-0.2, 0) is 0 Å². The van der Waals surface area contributed by atoms with Crippen LogP contribution in [0.1, 0.15) is 10.4 Å². The molecule has 0 aliphatic rings. The molecule has 6 nitrogen and oxygen atoms in total. The SMILES string of the molecule is COc1cc(NC(=O)c2cc(O)cc(O)c2)cc(OC)c1. The van der Waals surface area contributed by atoms with Crippen molar-refractivity contribution in [2.45, 2.75) is 0 Å². The Morgan fingerprint density at radius 3 is 1.90 bits per heavy atom. The molecule has 0 spiro atoms. The van der Waals surface area contributed by atoms with E-state index in [0.717, 1.165) is 6.07 Å². The number of phenols is 2. The van der Waals surface area contributed by atoms with E-state index in [-0.39, 0.29) is 17.1 Å². The Morgan fingerprint density at radius 1 is 0.905 bits per heavy atom. The van der Waals surface area contributed by atoms with Gasteiger partial charge < -0.3 is 25.0 Å². The van der Waals surface area contributed by atoms with Gasteiger partial charge in [-0.1, -0.05) is 0 Å². The lowest BCUT2D eigenvalue weighted by atomic mass is 10.2. The van der Waals surface area contributed by atoms with E-state index in [9.17, 15) is 15.0 Å². The third kappa shape index (κ3) is 3.56. The van der Waals surface area contributed by atoms with Gasteiger partial charge in [0, 0.05) is 35.5 Å². The number of benzene rings is 2. The van der Waals surface area contributed by atoms with Gasteiger partial charge in [0.15, 0.2) is 0 Å². The Balaban J connectivity index is 2.26. The number of hydrogen-bond acceptors (Lipinski definition) is 5. The van der Waals surface area contributed by atoms with Gasteiger partial charge in [-0.2, -0.15) is 0 Å². The number of carbonyl (C=O) groups excluding carboxylic acids is 1. The number of ether oxygens (including phenoxy) is 2. The van der Waals surface area contributed by atoms with E-state index in [1.807, 2.05) is 0 Å². The fourth-order valence-corrected chi connectivity index (χ4v) is 1.81. The summed E-state index contributed by atoms with van der Waals surface area (Å²) in [7, 11) is 3.02. The van der Waals surface area contributed by atoms with E-state index in [1.54, 1.807) is 18.2 Å². The summed E-state index contributed by atoms with van der Waals surface area (Å²) in [5, 5.41) is 21.4. The van der Waals surface area contributed by atoms with E-state index >= 15 is 0 Å². The quantitative estimate of drug-likeness (QED) is 0.804. The molecule has 0 radical (unpaired) electrons. The largest absolute Gasteiger partial charge is 0.508 e. The van der Waals surface area contributed by atoms with Crippen molar-refractivity contribution in [1.82, 2.24) is 0 Å². The van der Waals surface area contributed by atoms with Crippen molar-refractivity contribution in [2.75, 3.05) is 19.5 Å². The predicted octanol–water partition coefficient (Wildman–Crippen LogP) is 2.37. The number of rotatable bonds is 4. The van der Waals surface area contributed by atoms with Crippen molar-refractivity contribution < 1.29 is 24.5 Å². The number of hydrogen-bond donors (Lipinski definition) is 3. The predicted molar refractivity (Wildman–Crippen MR) is 77.3 cm³/mol. The maximum Gasteiger partial charge on any atom is 0.255 e. The summed E-state index contributed by atoms with van der Waals surface area (Å²) < 4.78 is 10.2. The minimum atomic E-state index is -0.475. The fourth-order valence-electron chi connectivity index (χ4n) is 1.81. The second kappa shape index (κ2) is 6.04. The average molecular weight is 289 g/mol. The van der Waals surface area contributed by atoms with Crippen molar-refractivity contribution in [3.05, 3.63) is 42.0 Å². The van der Waals surface area contributed by atoms with Crippen LogP contribution in [0.5, 0.6) is 23.0 Å². The second-order valence-corrected chi connectivity index (χ2v) is 4.29. The molecule has 110 valence electrons. The number of phenolic OH excluding ortho intramolecular Hbond substituents is 2. The molecule has 2 aromatic rings. The minimum absolute atomic E-state index is 0.134. The average Bonchev–Trinajstić information content (AvgIpc) is 2.45. The summed E-state index contributed by atoms with van der Waals surface area (Å²) >= 11 is 0. The van der Waals surface area contributed by atoms with Gasteiger partial charge in [0.1, 0.15) is 23.0 Å². The number of anilines is 1. The highest BCUT2D eigenvalue weighted by molar-refractivity contribution is 6.05. The molecule has 2 aromatic carbocycles. The molecule has 0 saturated carbocycles. The van der Waals surface area contributed by atoms with Crippen molar-refractivity contribution in [3.63, 3.8) is 0 Å². The molecule has 0 aliphatic heterocycles.